The molecule has 1 amide bonds. The van der Waals surface area contributed by atoms with Crippen LogP contribution in [0.1, 0.15) is 42.3 Å². The molecule has 0 aliphatic carbocycles. The maximum Gasteiger partial charge on any atom is 0.251 e. The van der Waals surface area contributed by atoms with Gasteiger partial charge in [0.25, 0.3) is 5.91 Å². The van der Waals surface area contributed by atoms with Crippen LogP contribution in [0, 0.1) is 5.41 Å². The van der Waals surface area contributed by atoms with Crippen molar-refractivity contribution in [2.75, 3.05) is 0 Å². The number of hydrogen-bond donors (Lipinski definition) is 2. The number of hydrogen-bond acceptors (Lipinski definition) is 3. The summed E-state index contributed by atoms with van der Waals surface area (Å²) in [5.41, 5.74) is 1.40. The van der Waals surface area contributed by atoms with Crippen LogP contribution in [0.5, 0.6) is 5.75 Å². The van der Waals surface area contributed by atoms with Crippen molar-refractivity contribution in [3.05, 3.63) is 64.2 Å². The Hall–Kier alpha value is -2.33. The van der Waals surface area contributed by atoms with Gasteiger partial charge in [-0.25, -0.2) is 0 Å². The van der Waals surface area contributed by atoms with Gasteiger partial charge in [-0.05, 0) is 35.9 Å². The highest BCUT2D eigenvalue weighted by atomic mass is 35.5. The lowest BCUT2D eigenvalue weighted by Gasteiger charge is -2.16. The largest absolute Gasteiger partial charge is 0.508 e. The molecule has 2 N–H and O–H groups in total. The molecule has 4 nitrogen and oxygen atoms in total. The molecule has 0 aliphatic rings. The molecule has 0 unspecified atom stereocenters. The maximum atomic E-state index is 12.3. The number of carbonyl (C=O) groups excluding carboxylic acids is 2. The average Bonchev–Trinajstić information content (AvgIpc) is 2.54. The molecule has 0 aliphatic heterocycles. The summed E-state index contributed by atoms with van der Waals surface area (Å²) in [6, 6.07) is 11.7. The molecule has 0 radical (unpaired) electrons. The summed E-state index contributed by atoms with van der Waals surface area (Å²) in [5.74, 6) is -0.0763. The molecule has 25 heavy (non-hydrogen) atoms. The van der Waals surface area contributed by atoms with Crippen molar-refractivity contribution < 1.29 is 14.7 Å². The van der Waals surface area contributed by atoms with Gasteiger partial charge in [-0.15, -0.1) is 0 Å². The van der Waals surface area contributed by atoms with E-state index >= 15 is 0 Å². The van der Waals surface area contributed by atoms with E-state index in [0.29, 0.717) is 22.6 Å². The number of rotatable bonds is 5. The first-order chi connectivity index (χ1) is 11.7. The average molecular weight is 360 g/mol. The number of aromatic hydroxyl groups is 1. The summed E-state index contributed by atoms with van der Waals surface area (Å²) >= 11 is 5.90. The monoisotopic (exact) mass is 359 g/mol. The summed E-state index contributed by atoms with van der Waals surface area (Å²) < 4.78 is 0. The van der Waals surface area contributed by atoms with Crippen molar-refractivity contribution in [1.29, 1.82) is 0 Å². The molecule has 0 saturated heterocycles. The first-order valence-electron chi connectivity index (χ1n) is 8.04. The van der Waals surface area contributed by atoms with Gasteiger partial charge in [0.2, 0.25) is 0 Å². The Morgan fingerprint density at radius 3 is 2.52 bits per heavy atom. The third-order valence-electron chi connectivity index (χ3n) is 3.87. The Bertz CT molecular complexity index is 794. The quantitative estimate of drug-likeness (QED) is 0.843. The van der Waals surface area contributed by atoms with Crippen LogP contribution < -0.4 is 5.32 Å². The lowest BCUT2D eigenvalue weighted by Crippen LogP contribution is -2.24. The SMILES string of the molecule is CC(C)(C)C(=O)Cc1cccc(C(=O)NCc2cc(Cl)ccc2O)c1. The first-order valence-corrected chi connectivity index (χ1v) is 8.42. The molecule has 2 aromatic rings. The molecular weight excluding hydrogens is 338 g/mol. The molecular formula is C20H22ClNO3. The number of benzene rings is 2. The number of nitrogens with one attached hydrogen (secondary N) is 1. The van der Waals surface area contributed by atoms with E-state index in [1.165, 1.54) is 6.07 Å². The van der Waals surface area contributed by atoms with Crippen LogP contribution in [0.15, 0.2) is 42.5 Å². The molecule has 2 rings (SSSR count). The molecule has 0 aromatic heterocycles. The van der Waals surface area contributed by atoms with E-state index < -0.39 is 5.41 Å². The Morgan fingerprint density at radius 2 is 1.84 bits per heavy atom. The molecule has 0 spiro atoms. The number of Topliss-reactive ketones (excluding diaryl/α,β-unsaturated/α-hetero) is 1. The standard InChI is InChI=1S/C20H22ClNO3/c1-20(2,3)18(24)10-13-5-4-6-14(9-13)19(25)22-12-15-11-16(21)7-8-17(15)23/h4-9,11,23H,10,12H2,1-3H3,(H,22,25). The molecule has 132 valence electrons. The zero-order valence-corrected chi connectivity index (χ0v) is 15.4. The van der Waals surface area contributed by atoms with Gasteiger partial charge in [0.15, 0.2) is 0 Å². The van der Waals surface area contributed by atoms with Crippen LogP contribution in [0.3, 0.4) is 0 Å². The van der Waals surface area contributed by atoms with Gasteiger partial charge in [-0.2, -0.15) is 0 Å². The third-order valence-corrected chi connectivity index (χ3v) is 4.11. The van der Waals surface area contributed by atoms with E-state index in [0.717, 1.165) is 5.56 Å². The predicted molar refractivity (Wildman–Crippen MR) is 98.9 cm³/mol. The minimum atomic E-state index is -0.414. The van der Waals surface area contributed by atoms with Gasteiger partial charge < -0.3 is 10.4 Å². The minimum Gasteiger partial charge on any atom is -0.508 e. The predicted octanol–water partition coefficient (Wildman–Crippen LogP) is 4.13. The second-order valence-electron chi connectivity index (χ2n) is 7.01. The summed E-state index contributed by atoms with van der Waals surface area (Å²) in [4.78, 5) is 24.5. The third kappa shape index (κ3) is 5.33. The van der Waals surface area contributed by atoms with Crippen molar-refractivity contribution in [2.45, 2.75) is 33.7 Å². The fourth-order valence-electron chi connectivity index (χ4n) is 2.25. The molecule has 0 bridgehead atoms. The van der Waals surface area contributed by atoms with Crippen LogP contribution in [0.2, 0.25) is 5.02 Å². The van der Waals surface area contributed by atoms with E-state index in [2.05, 4.69) is 5.32 Å². The molecule has 0 fully saturated rings. The van der Waals surface area contributed by atoms with Crippen molar-refractivity contribution in [1.82, 2.24) is 5.32 Å². The first kappa shape index (κ1) is 19.0. The van der Waals surface area contributed by atoms with Crippen molar-refractivity contribution in [2.24, 2.45) is 5.41 Å². The van der Waals surface area contributed by atoms with E-state index in [1.54, 1.807) is 30.3 Å². The van der Waals surface area contributed by atoms with Crippen LogP contribution >= 0.6 is 11.6 Å². The summed E-state index contributed by atoms with van der Waals surface area (Å²) in [6.45, 7) is 5.80. The van der Waals surface area contributed by atoms with Crippen LogP contribution in [-0.2, 0) is 17.8 Å². The Labute approximate surface area is 152 Å². The molecule has 2 aromatic carbocycles. The Morgan fingerprint density at radius 1 is 1.12 bits per heavy atom. The highest BCUT2D eigenvalue weighted by Crippen LogP contribution is 2.21. The Kier molecular flexibility index (Phi) is 5.85. The zero-order valence-electron chi connectivity index (χ0n) is 14.6. The number of phenols is 1. The topological polar surface area (TPSA) is 66.4 Å². The van der Waals surface area contributed by atoms with E-state index in [4.69, 9.17) is 11.6 Å². The normalized spacial score (nSPS) is 11.2. The molecule has 0 heterocycles. The van der Waals surface area contributed by atoms with Gasteiger partial charge in [0.1, 0.15) is 11.5 Å². The van der Waals surface area contributed by atoms with E-state index in [9.17, 15) is 14.7 Å². The van der Waals surface area contributed by atoms with Crippen molar-refractivity contribution in [3.8, 4) is 5.75 Å². The van der Waals surface area contributed by atoms with Crippen molar-refractivity contribution >= 4 is 23.3 Å². The number of halogens is 1. The van der Waals surface area contributed by atoms with Crippen LogP contribution in [0.25, 0.3) is 0 Å². The van der Waals surface area contributed by atoms with Gasteiger partial charge in [0.05, 0.1) is 0 Å². The number of carbonyl (C=O) groups is 2. The lowest BCUT2D eigenvalue weighted by molar-refractivity contribution is -0.125. The van der Waals surface area contributed by atoms with Gasteiger partial charge >= 0.3 is 0 Å². The number of amides is 1. The molecule has 0 saturated carbocycles. The summed E-state index contributed by atoms with van der Waals surface area (Å²) in [6.07, 6.45) is 0.291. The summed E-state index contributed by atoms with van der Waals surface area (Å²) in [5, 5.41) is 13.0. The highest BCUT2D eigenvalue weighted by Gasteiger charge is 2.21. The van der Waals surface area contributed by atoms with Gasteiger partial charge in [-0.1, -0.05) is 44.5 Å². The van der Waals surface area contributed by atoms with E-state index in [1.807, 2.05) is 26.8 Å². The number of ketones is 1. The van der Waals surface area contributed by atoms with Crippen LogP contribution in [0.4, 0.5) is 0 Å². The number of phenolic OH excluding ortho intramolecular Hbond substituents is 1. The van der Waals surface area contributed by atoms with Gasteiger partial charge in [0, 0.05) is 34.5 Å². The lowest BCUT2D eigenvalue weighted by atomic mass is 9.87. The Balaban J connectivity index is 2.06. The summed E-state index contributed by atoms with van der Waals surface area (Å²) in [7, 11) is 0. The zero-order chi connectivity index (χ0) is 18.6. The second-order valence-corrected chi connectivity index (χ2v) is 7.44. The van der Waals surface area contributed by atoms with Crippen LogP contribution in [-0.4, -0.2) is 16.8 Å². The second kappa shape index (κ2) is 7.70. The maximum absolute atomic E-state index is 12.3. The van der Waals surface area contributed by atoms with Gasteiger partial charge in [-0.3, -0.25) is 9.59 Å². The fourth-order valence-corrected chi connectivity index (χ4v) is 2.44. The smallest absolute Gasteiger partial charge is 0.251 e. The minimum absolute atomic E-state index is 0.0780. The molecule has 5 heteroatoms. The van der Waals surface area contributed by atoms with E-state index in [-0.39, 0.29) is 24.0 Å². The fraction of sp³-hybridized carbons (Fsp3) is 0.300. The highest BCUT2D eigenvalue weighted by molar-refractivity contribution is 6.30. The molecule has 0 atom stereocenters. The van der Waals surface area contributed by atoms with Crippen molar-refractivity contribution in [3.63, 3.8) is 0 Å².